The number of aliphatic hydroxyl groups is 2. The van der Waals surface area contributed by atoms with Crippen LogP contribution in [0.15, 0.2) is 0 Å². The summed E-state index contributed by atoms with van der Waals surface area (Å²) < 4.78 is 11.7. The summed E-state index contributed by atoms with van der Waals surface area (Å²) in [6.07, 6.45) is 16.4. The first-order valence-corrected chi connectivity index (χ1v) is 12.5. The molecular weight excluding hydrogens is 364 g/mol. The Bertz CT molecular complexity index is 412. The quantitative estimate of drug-likeness (QED) is 0.564. The van der Waals surface area contributed by atoms with E-state index in [1.807, 2.05) is 0 Å². The third-order valence-corrected chi connectivity index (χ3v) is 8.77. The summed E-state index contributed by atoms with van der Waals surface area (Å²) >= 11 is 0. The van der Waals surface area contributed by atoms with Crippen molar-refractivity contribution in [3.05, 3.63) is 0 Å². The van der Waals surface area contributed by atoms with E-state index in [0.717, 1.165) is 23.7 Å². The van der Waals surface area contributed by atoms with Gasteiger partial charge >= 0.3 is 0 Å². The van der Waals surface area contributed by atoms with Gasteiger partial charge in [-0.2, -0.15) is 0 Å². The molecular formula is C25H46O4. The fourth-order valence-corrected chi connectivity index (χ4v) is 7.04. The maximum absolute atomic E-state index is 9.06. The second-order valence-electron chi connectivity index (χ2n) is 10.5. The Morgan fingerprint density at radius 2 is 1.10 bits per heavy atom. The first kappa shape index (κ1) is 23.5. The molecule has 0 saturated heterocycles. The van der Waals surface area contributed by atoms with Crippen molar-refractivity contribution in [2.45, 2.75) is 103 Å². The Kier molecular flexibility index (Phi) is 9.28. The van der Waals surface area contributed by atoms with Gasteiger partial charge in [-0.1, -0.05) is 13.8 Å². The lowest BCUT2D eigenvalue weighted by atomic mass is 9.52. The van der Waals surface area contributed by atoms with Crippen LogP contribution in [0.4, 0.5) is 0 Å². The van der Waals surface area contributed by atoms with E-state index in [4.69, 9.17) is 19.7 Å². The summed E-state index contributed by atoms with van der Waals surface area (Å²) in [7, 11) is 0. The van der Waals surface area contributed by atoms with Crippen molar-refractivity contribution in [2.24, 2.45) is 29.1 Å². The van der Waals surface area contributed by atoms with Crippen molar-refractivity contribution in [1.82, 2.24) is 0 Å². The molecule has 3 aliphatic carbocycles. The molecule has 29 heavy (non-hydrogen) atoms. The van der Waals surface area contributed by atoms with Gasteiger partial charge in [-0.25, -0.2) is 0 Å². The van der Waals surface area contributed by atoms with Crippen LogP contribution < -0.4 is 0 Å². The second-order valence-corrected chi connectivity index (χ2v) is 10.5. The number of hydrogen-bond acceptors (Lipinski definition) is 4. The first-order valence-electron chi connectivity index (χ1n) is 12.5. The first-order chi connectivity index (χ1) is 14.1. The van der Waals surface area contributed by atoms with Crippen LogP contribution in [0.2, 0.25) is 0 Å². The molecule has 0 aromatic carbocycles. The molecule has 0 aromatic rings. The molecule has 4 nitrogen and oxygen atoms in total. The van der Waals surface area contributed by atoms with Crippen molar-refractivity contribution in [3.63, 3.8) is 0 Å². The highest BCUT2D eigenvalue weighted by Gasteiger charge is 2.48. The molecule has 0 heterocycles. The number of rotatable bonds is 9. The number of hydrogen-bond donors (Lipinski definition) is 2. The predicted molar refractivity (Wildman–Crippen MR) is 117 cm³/mol. The van der Waals surface area contributed by atoms with E-state index in [1.54, 1.807) is 0 Å². The van der Waals surface area contributed by atoms with Gasteiger partial charge in [0.25, 0.3) is 0 Å². The van der Waals surface area contributed by atoms with Crippen LogP contribution in [0.3, 0.4) is 0 Å². The van der Waals surface area contributed by atoms with E-state index < -0.39 is 0 Å². The molecule has 3 fully saturated rings. The van der Waals surface area contributed by atoms with Crippen LogP contribution in [0.5, 0.6) is 0 Å². The molecule has 0 amide bonds. The number of ether oxygens (including phenoxy) is 2. The molecule has 0 unspecified atom stereocenters. The van der Waals surface area contributed by atoms with Crippen LogP contribution >= 0.6 is 0 Å². The molecule has 0 aromatic heterocycles. The van der Waals surface area contributed by atoms with Crippen LogP contribution in [-0.2, 0) is 9.47 Å². The monoisotopic (exact) mass is 410 g/mol. The van der Waals surface area contributed by atoms with Gasteiger partial charge in [-0.15, -0.1) is 0 Å². The smallest absolute Gasteiger partial charge is 0.0701 e. The summed E-state index contributed by atoms with van der Waals surface area (Å²) in [5, 5.41) is 18.1. The molecule has 0 aliphatic heterocycles. The highest BCUT2D eigenvalue weighted by atomic mass is 16.5. The molecule has 0 atom stereocenters. The van der Waals surface area contributed by atoms with Crippen molar-refractivity contribution < 1.29 is 19.7 Å². The fraction of sp³-hybridized carbons (Fsp3) is 1.00. The molecule has 0 spiro atoms. The average Bonchev–Trinajstić information content (AvgIpc) is 2.77. The van der Waals surface area contributed by atoms with Crippen molar-refractivity contribution in [2.75, 3.05) is 26.4 Å². The van der Waals surface area contributed by atoms with Gasteiger partial charge in [-0.05, 0) is 106 Å². The van der Waals surface area contributed by atoms with Gasteiger partial charge in [0.1, 0.15) is 0 Å². The van der Waals surface area contributed by atoms with Crippen molar-refractivity contribution in [3.8, 4) is 0 Å². The topological polar surface area (TPSA) is 58.9 Å². The van der Waals surface area contributed by atoms with E-state index in [1.165, 1.54) is 77.0 Å². The van der Waals surface area contributed by atoms with Crippen LogP contribution in [-0.4, -0.2) is 48.8 Å². The third kappa shape index (κ3) is 5.96. The third-order valence-electron chi connectivity index (χ3n) is 8.77. The maximum Gasteiger partial charge on any atom is 0.0701 e. The summed E-state index contributed by atoms with van der Waals surface area (Å²) in [6, 6.07) is 0. The molecule has 3 rings (SSSR count). The summed E-state index contributed by atoms with van der Waals surface area (Å²) in [6.45, 7) is 6.09. The molecule has 4 heteroatoms. The van der Waals surface area contributed by atoms with E-state index in [9.17, 15) is 0 Å². The second kappa shape index (κ2) is 11.5. The standard InChI is InChI=1S/C25H46O4/c1-19(2)20-11-13-25(14-12-20,21-3-7-23(8-4-21)28-17-15-26)22-5-9-24(10-6-22)29-18-16-27/h19-24,26-27H,3-18H2,1-2H3. The van der Waals surface area contributed by atoms with Gasteiger partial charge in [0.15, 0.2) is 0 Å². The van der Waals surface area contributed by atoms with E-state index in [-0.39, 0.29) is 13.2 Å². The molecule has 0 bridgehead atoms. The minimum absolute atomic E-state index is 0.141. The van der Waals surface area contributed by atoms with Gasteiger partial charge in [-0.3, -0.25) is 0 Å². The van der Waals surface area contributed by atoms with E-state index >= 15 is 0 Å². The average molecular weight is 411 g/mol. The summed E-state index contributed by atoms with van der Waals surface area (Å²) in [5.41, 5.74) is 0.537. The highest BCUT2D eigenvalue weighted by molar-refractivity contribution is 4.99. The highest BCUT2D eigenvalue weighted by Crippen LogP contribution is 2.58. The van der Waals surface area contributed by atoms with Crippen LogP contribution in [0.1, 0.15) is 90.9 Å². The van der Waals surface area contributed by atoms with E-state index in [2.05, 4.69) is 13.8 Å². The zero-order valence-corrected chi connectivity index (χ0v) is 19.0. The van der Waals surface area contributed by atoms with Gasteiger partial charge in [0.2, 0.25) is 0 Å². The Balaban J connectivity index is 1.63. The van der Waals surface area contributed by atoms with Crippen molar-refractivity contribution in [1.29, 1.82) is 0 Å². The molecule has 0 radical (unpaired) electrons. The maximum atomic E-state index is 9.06. The van der Waals surface area contributed by atoms with Gasteiger partial charge < -0.3 is 19.7 Å². The zero-order chi connectivity index (χ0) is 20.7. The van der Waals surface area contributed by atoms with Crippen LogP contribution in [0, 0.1) is 29.1 Å². The molecule has 3 saturated carbocycles. The SMILES string of the molecule is CC(C)C1CCC(C2CCC(OCCO)CC2)(C2CCC(OCCO)CC2)CC1. The summed E-state index contributed by atoms with van der Waals surface area (Å²) in [4.78, 5) is 0. The van der Waals surface area contributed by atoms with Crippen LogP contribution in [0.25, 0.3) is 0 Å². The molecule has 3 aliphatic rings. The van der Waals surface area contributed by atoms with Gasteiger partial charge in [0, 0.05) is 0 Å². The normalized spacial score (nSPS) is 39.0. The van der Waals surface area contributed by atoms with Gasteiger partial charge in [0.05, 0.1) is 38.6 Å². The lowest BCUT2D eigenvalue weighted by Crippen LogP contribution is -2.45. The lowest BCUT2D eigenvalue weighted by molar-refractivity contribution is -0.0769. The minimum atomic E-state index is 0.141. The fourth-order valence-electron chi connectivity index (χ4n) is 7.04. The molecule has 170 valence electrons. The molecule has 2 N–H and O–H groups in total. The van der Waals surface area contributed by atoms with Crippen molar-refractivity contribution >= 4 is 0 Å². The lowest BCUT2D eigenvalue weighted by Gasteiger charge is -2.54. The Hall–Kier alpha value is -0.160. The van der Waals surface area contributed by atoms with E-state index in [0.29, 0.717) is 30.8 Å². The largest absolute Gasteiger partial charge is 0.394 e. The minimum Gasteiger partial charge on any atom is -0.394 e. The number of aliphatic hydroxyl groups excluding tert-OH is 2. The summed E-state index contributed by atoms with van der Waals surface area (Å²) in [5.74, 6) is 3.43. The predicted octanol–water partition coefficient (Wildman–Crippen LogP) is 4.95. The zero-order valence-electron chi connectivity index (χ0n) is 19.0. The Morgan fingerprint density at radius 3 is 1.45 bits per heavy atom. The Labute approximate surface area is 178 Å². The Morgan fingerprint density at radius 1 is 0.690 bits per heavy atom.